The van der Waals surface area contributed by atoms with Crippen molar-refractivity contribution in [2.75, 3.05) is 39.3 Å². The Morgan fingerprint density at radius 2 is 1.96 bits per heavy atom. The van der Waals surface area contributed by atoms with Crippen molar-refractivity contribution < 1.29 is 9.53 Å². The van der Waals surface area contributed by atoms with Crippen molar-refractivity contribution in [3.63, 3.8) is 0 Å². The number of carbonyl (C=O) groups is 1. The van der Waals surface area contributed by atoms with Crippen LogP contribution < -0.4 is 0 Å². The van der Waals surface area contributed by atoms with E-state index in [1.165, 1.54) is 32.4 Å². The number of nitrogens with one attached hydrogen (secondary N) is 1. The largest absolute Gasteiger partial charge is 0.375 e. The molecule has 5 heteroatoms. The summed E-state index contributed by atoms with van der Waals surface area (Å²) in [5.74, 6) is 0.212. The molecule has 0 radical (unpaired) electrons. The van der Waals surface area contributed by atoms with Crippen LogP contribution in [0, 0.1) is 0 Å². The molecular formula is C21H29N3O2. The van der Waals surface area contributed by atoms with Crippen LogP contribution in [0.3, 0.4) is 0 Å². The quantitative estimate of drug-likeness (QED) is 0.917. The molecule has 26 heavy (non-hydrogen) atoms. The Balaban J connectivity index is 1.39. The van der Waals surface area contributed by atoms with Gasteiger partial charge in [-0.1, -0.05) is 24.6 Å². The highest BCUT2D eigenvalue weighted by atomic mass is 16.5. The number of likely N-dealkylation sites (tertiary alicyclic amines) is 1. The summed E-state index contributed by atoms with van der Waals surface area (Å²) in [6.45, 7) is 5.58. The molecule has 140 valence electrons. The van der Waals surface area contributed by atoms with Gasteiger partial charge in [-0.3, -0.25) is 4.79 Å². The van der Waals surface area contributed by atoms with Crippen LogP contribution in [0.15, 0.2) is 30.5 Å². The fraction of sp³-hybridized carbons (Fsp3) is 0.571. The number of H-pyrrole nitrogens is 1. The SMILES string of the molecule is O=C(Cc1c[nH]c2ccccc12)N1CCCO[C@H](CN2CCCCC2)C1. The van der Waals surface area contributed by atoms with Gasteiger partial charge in [0.1, 0.15) is 0 Å². The van der Waals surface area contributed by atoms with Crippen LogP contribution in [0.1, 0.15) is 31.2 Å². The molecule has 0 unspecified atom stereocenters. The minimum atomic E-state index is 0.141. The predicted molar refractivity (Wildman–Crippen MR) is 103 cm³/mol. The van der Waals surface area contributed by atoms with E-state index in [0.29, 0.717) is 6.42 Å². The Labute approximate surface area is 155 Å². The molecule has 2 saturated heterocycles. The normalized spacial score (nSPS) is 22.5. The fourth-order valence-corrected chi connectivity index (χ4v) is 4.21. The van der Waals surface area contributed by atoms with E-state index >= 15 is 0 Å². The molecule has 0 spiro atoms. The summed E-state index contributed by atoms with van der Waals surface area (Å²) in [6, 6.07) is 8.18. The average molecular weight is 355 g/mol. The molecule has 1 atom stereocenters. The highest BCUT2D eigenvalue weighted by Gasteiger charge is 2.25. The number of amides is 1. The number of aromatic amines is 1. The third kappa shape index (κ3) is 4.10. The first-order chi connectivity index (χ1) is 12.8. The molecule has 0 aliphatic carbocycles. The average Bonchev–Trinajstić information content (AvgIpc) is 2.92. The van der Waals surface area contributed by atoms with Gasteiger partial charge in [0.15, 0.2) is 0 Å². The summed E-state index contributed by atoms with van der Waals surface area (Å²) in [4.78, 5) is 20.7. The predicted octanol–water partition coefficient (Wildman–Crippen LogP) is 2.81. The van der Waals surface area contributed by atoms with Crippen molar-refractivity contribution in [3.8, 4) is 0 Å². The lowest BCUT2D eigenvalue weighted by Gasteiger charge is -2.31. The molecule has 1 N–H and O–H groups in total. The van der Waals surface area contributed by atoms with E-state index in [9.17, 15) is 4.79 Å². The zero-order valence-corrected chi connectivity index (χ0v) is 15.5. The van der Waals surface area contributed by atoms with Gasteiger partial charge in [0.05, 0.1) is 12.5 Å². The van der Waals surface area contributed by atoms with Gasteiger partial charge >= 0.3 is 0 Å². The van der Waals surface area contributed by atoms with E-state index in [0.717, 1.165) is 49.1 Å². The maximum absolute atomic E-state index is 12.9. The number of carbonyl (C=O) groups excluding carboxylic acids is 1. The molecular weight excluding hydrogens is 326 g/mol. The van der Waals surface area contributed by atoms with Gasteiger partial charge in [-0.15, -0.1) is 0 Å². The summed E-state index contributed by atoms with van der Waals surface area (Å²) in [7, 11) is 0. The summed E-state index contributed by atoms with van der Waals surface area (Å²) in [5.41, 5.74) is 2.18. The molecule has 0 bridgehead atoms. The number of hydrogen-bond acceptors (Lipinski definition) is 3. The number of fused-ring (bicyclic) bond motifs is 1. The molecule has 5 nitrogen and oxygen atoms in total. The van der Waals surface area contributed by atoms with E-state index < -0.39 is 0 Å². The number of benzene rings is 1. The van der Waals surface area contributed by atoms with Crippen LogP contribution in [0.5, 0.6) is 0 Å². The monoisotopic (exact) mass is 355 g/mol. The summed E-state index contributed by atoms with van der Waals surface area (Å²) >= 11 is 0. The molecule has 1 amide bonds. The Morgan fingerprint density at radius 3 is 2.85 bits per heavy atom. The minimum absolute atomic E-state index is 0.141. The summed E-state index contributed by atoms with van der Waals surface area (Å²) in [5, 5.41) is 1.15. The Kier molecular flexibility index (Phi) is 5.56. The van der Waals surface area contributed by atoms with E-state index in [2.05, 4.69) is 22.0 Å². The van der Waals surface area contributed by atoms with Crippen molar-refractivity contribution in [2.24, 2.45) is 0 Å². The number of hydrogen-bond donors (Lipinski definition) is 1. The topological polar surface area (TPSA) is 48.6 Å². The van der Waals surface area contributed by atoms with Crippen LogP contribution in [0.25, 0.3) is 10.9 Å². The van der Waals surface area contributed by atoms with Gasteiger partial charge < -0.3 is 19.5 Å². The van der Waals surface area contributed by atoms with Crippen molar-refractivity contribution in [3.05, 3.63) is 36.0 Å². The molecule has 2 aliphatic heterocycles. The van der Waals surface area contributed by atoms with Crippen molar-refractivity contribution >= 4 is 16.8 Å². The van der Waals surface area contributed by atoms with E-state index in [1.807, 2.05) is 23.2 Å². The number of aromatic nitrogens is 1. The second-order valence-electron chi connectivity index (χ2n) is 7.58. The van der Waals surface area contributed by atoms with Gasteiger partial charge in [0.2, 0.25) is 5.91 Å². The number of nitrogens with zero attached hydrogens (tertiary/aromatic N) is 2. The summed E-state index contributed by atoms with van der Waals surface area (Å²) < 4.78 is 6.05. The molecule has 1 aromatic carbocycles. The molecule has 2 fully saturated rings. The number of rotatable bonds is 4. The van der Waals surface area contributed by atoms with Gasteiger partial charge in [-0.2, -0.15) is 0 Å². The lowest BCUT2D eigenvalue weighted by Crippen LogP contribution is -2.44. The third-order valence-electron chi connectivity index (χ3n) is 5.63. The summed E-state index contributed by atoms with van der Waals surface area (Å²) in [6.07, 6.45) is 7.42. The highest BCUT2D eigenvalue weighted by molar-refractivity contribution is 5.88. The number of piperidine rings is 1. The lowest BCUT2D eigenvalue weighted by atomic mass is 10.1. The van der Waals surface area contributed by atoms with Crippen LogP contribution >= 0.6 is 0 Å². The maximum Gasteiger partial charge on any atom is 0.227 e. The Hall–Kier alpha value is -1.85. The van der Waals surface area contributed by atoms with Crippen LogP contribution in [-0.4, -0.2) is 66.1 Å². The highest BCUT2D eigenvalue weighted by Crippen LogP contribution is 2.20. The van der Waals surface area contributed by atoms with E-state index in [-0.39, 0.29) is 12.0 Å². The van der Waals surface area contributed by atoms with Gasteiger partial charge in [0, 0.05) is 43.3 Å². The van der Waals surface area contributed by atoms with Gasteiger partial charge in [0.25, 0.3) is 0 Å². The second-order valence-corrected chi connectivity index (χ2v) is 7.58. The zero-order chi connectivity index (χ0) is 17.8. The lowest BCUT2D eigenvalue weighted by molar-refractivity contribution is -0.131. The van der Waals surface area contributed by atoms with Crippen molar-refractivity contribution in [1.82, 2.24) is 14.8 Å². The first kappa shape index (κ1) is 17.6. The van der Waals surface area contributed by atoms with Crippen molar-refractivity contribution in [2.45, 2.75) is 38.2 Å². The first-order valence-corrected chi connectivity index (χ1v) is 9.96. The zero-order valence-electron chi connectivity index (χ0n) is 15.5. The first-order valence-electron chi connectivity index (χ1n) is 9.96. The third-order valence-corrected chi connectivity index (χ3v) is 5.63. The van der Waals surface area contributed by atoms with Crippen LogP contribution in [0.2, 0.25) is 0 Å². The molecule has 0 saturated carbocycles. The van der Waals surface area contributed by atoms with Crippen LogP contribution in [-0.2, 0) is 16.0 Å². The van der Waals surface area contributed by atoms with E-state index in [4.69, 9.17) is 4.74 Å². The second kappa shape index (κ2) is 8.23. The maximum atomic E-state index is 12.9. The molecule has 2 aliphatic rings. The fourth-order valence-electron chi connectivity index (χ4n) is 4.21. The van der Waals surface area contributed by atoms with Gasteiger partial charge in [-0.25, -0.2) is 0 Å². The van der Waals surface area contributed by atoms with Gasteiger partial charge in [-0.05, 0) is 44.0 Å². The minimum Gasteiger partial charge on any atom is -0.375 e. The van der Waals surface area contributed by atoms with E-state index in [1.54, 1.807) is 0 Å². The molecule has 2 aromatic rings. The Bertz CT molecular complexity index is 736. The standard InChI is InChI=1S/C21H29N3O2/c25-21(13-17-14-22-20-8-3-2-7-19(17)20)24-11-6-12-26-18(16-24)15-23-9-4-1-5-10-23/h2-3,7-8,14,18,22H,1,4-6,9-13,15-16H2/t18-/m1/s1. The molecule has 4 rings (SSSR count). The molecule has 3 heterocycles. The van der Waals surface area contributed by atoms with Crippen LogP contribution in [0.4, 0.5) is 0 Å². The number of para-hydroxylation sites is 1. The Morgan fingerprint density at radius 1 is 1.12 bits per heavy atom. The number of ether oxygens (including phenoxy) is 1. The van der Waals surface area contributed by atoms with Crippen molar-refractivity contribution in [1.29, 1.82) is 0 Å². The smallest absolute Gasteiger partial charge is 0.227 e. The molecule has 1 aromatic heterocycles.